The molecule has 1 atom stereocenters. The summed E-state index contributed by atoms with van der Waals surface area (Å²) in [5.74, 6) is -0.214. The third kappa shape index (κ3) is 3.42. The summed E-state index contributed by atoms with van der Waals surface area (Å²) >= 11 is 0. The molecule has 2 heteroatoms. The van der Waals surface area contributed by atoms with Gasteiger partial charge in [-0.25, -0.2) is 4.39 Å². The molecule has 2 rings (SSSR count). The van der Waals surface area contributed by atoms with Crippen molar-refractivity contribution >= 4 is 0 Å². The Balaban J connectivity index is 2.31. The zero-order valence-electron chi connectivity index (χ0n) is 11.7. The average molecular weight is 257 g/mol. The lowest BCUT2D eigenvalue weighted by molar-refractivity contribution is 0.489. The van der Waals surface area contributed by atoms with E-state index in [-0.39, 0.29) is 5.82 Å². The summed E-state index contributed by atoms with van der Waals surface area (Å²) in [4.78, 5) is 0. The van der Waals surface area contributed by atoms with Crippen molar-refractivity contribution in [3.63, 3.8) is 0 Å². The molecule has 0 radical (unpaired) electrons. The summed E-state index contributed by atoms with van der Waals surface area (Å²) < 4.78 is 13.2. The standard InChI is InChI=1S/C17H20FN/c1-12-7-13(2)9-15(8-12)17(3,19)11-14-5-4-6-16(18)10-14/h4-10H,11,19H2,1-3H3. The molecular weight excluding hydrogens is 237 g/mol. The second-order valence-corrected chi connectivity index (χ2v) is 5.60. The van der Waals surface area contributed by atoms with Crippen LogP contribution < -0.4 is 5.73 Å². The molecule has 0 saturated carbocycles. The Labute approximate surface area is 114 Å². The van der Waals surface area contributed by atoms with Gasteiger partial charge in [0.25, 0.3) is 0 Å². The van der Waals surface area contributed by atoms with E-state index in [1.807, 2.05) is 13.0 Å². The fourth-order valence-corrected chi connectivity index (χ4v) is 2.48. The van der Waals surface area contributed by atoms with Gasteiger partial charge in [0.05, 0.1) is 0 Å². The highest BCUT2D eigenvalue weighted by molar-refractivity contribution is 5.34. The number of hydrogen-bond donors (Lipinski definition) is 1. The van der Waals surface area contributed by atoms with Crippen LogP contribution in [0.2, 0.25) is 0 Å². The third-order valence-electron chi connectivity index (χ3n) is 3.34. The largest absolute Gasteiger partial charge is 0.321 e. The van der Waals surface area contributed by atoms with Crippen molar-refractivity contribution in [1.29, 1.82) is 0 Å². The molecule has 0 heterocycles. The number of benzene rings is 2. The van der Waals surface area contributed by atoms with Crippen LogP contribution in [0, 0.1) is 19.7 Å². The Morgan fingerprint density at radius 2 is 1.68 bits per heavy atom. The van der Waals surface area contributed by atoms with Crippen molar-refractivity contribution in [2.24, 2.45) is 5.73 Å². The van der Waals surface area contributed by atoms with Gasteiger partial charge in [0.1, 0.15) is 5.82 Å². The molecule has 2 aromatic carbocycles. The van der Waals surface area contributed by atoms with Crippen molar-refractivity contribution in [2.45, 2.75) is 32.7 Å². The van der Waals surface area contributed by atoms with E-state index in [1.165, 1.54) is 17.2 Å². The third-order valence-corrected chi connectivity index (χ3v) is 3.34. The zero-order chi connectivity index (χ0) is 14.0. The van der Waals surface area contributed by atoms with Crippen LogP contribution in [0.5, 0.6) is 0 Å². The van der Waals surface area contributed by atoms with E-state index in [4.69, 9.17) is 5.73 Å². The highest BCUT2D eigenvalue weighted by Gasteiger charge is 2.22. The summed E-state index contributed by atoms with van der Waals surface area (Å²) in [7, 11) is 0. The molecule has 2 N–H and O–H groups in total. The van der Waals surface area contributed by atoms with Crippen molar-refractivity contribution < 1.29 is 4.39 Å². The van der Waals surface area contributed by atoms with E-state index in [1.54, 1.807) is 12.1 Å². The number of rotatable bonds is 3. The maximum Gasteiger partial charge on any atom is 0.123 e. The first-order valence-corrected chi connectivity index (χ1v) is 6.49. The van der Waals surface area contributed by atoms with Crippen LogP contribution >= 0.6 is 0 Å². The van der Waals surface area contributed by atoms with Gasteiger partial charge in [-0.1, -0.05) is 41.5 Å². The first kappa shape index (κ1) is 13.8. The lowest BCUT2D eigenvalue weighted by Crippen LogP contribution is -2.35. The smallest absolute Gasteiger partial charge is 0.123 e. The molecule has 0 spiro atoms. The molecule has 0 aliphatic carbocycles. The van der Waals surface area contributed by atoms with Crippen LogP contribution in [0.25, 0.3) is 0 Å². The van der Waals surface area contributed by atoms with Crippen LogP contribution in [0.4, 0.5) is 4.39 Å². The second-order valence-electron chi connectivity index (χ2n) is 5.60. The molecule has 0 bridgehead atoms. The summed E-state index contributed by atoms with van der Waals surface area (Å²) in [6.45, 7) is 6.12. The second kappa shape index (κ2) is 5.14. The van der Waals surface area contributed by atoms with Crippen molar-refractivity contribution in [2.75, 3.05) is 0 Å². The maximum atomic E-state index is 13.2. The number of aryl methyl sites for hydroxylation is 2. The molecule has 0 aliphatic rings. The van der Waals surface area contributed by atoms with Gasteiger partial charge >= 0.3 is 0 Å². The molecule has 0 saturated heterocycles. The number of nitrogens with two attached hydrogens (primary N) is 1. The average Bonchev–Trinajstić information content (AvgIpc) is 2.26. The molecule has 19 heavy (non-hydrogen) atoms. The van der Waals surface area contributed by atoms with E-state index >= 15 is 0 Å². The molecule has 0 amide bonds. The SMILES string of the molecule is Cc1cc(C)cc(C(C)(N)Cc2cccc(F)c2)c1. The van der Waals surface area contributed by atoms with Crippen molar-refractivity contribution in [1.82, 2.24) is 0 Å². The summed E-state index contributed by atoms with van der Waals surface area (Å²) in [5, 5.41) is 0. The van der Waals surface area contributed by atoms with E-state index in [0.29, 0.717) is 6.42 Å². The quantitative estimate of drug-likeness (QED) is 0.887. The molecule has 100 valence electrons. The minimum Gasteiger partial charge on any atom is -0.321 e. The predicted molar refractivity (Wildman–Crippen MR) is 77.6 cm³/mol. The van der Waals surface area contributed by atoms with Gasteiger partial charge in [0, 0.05) is 5.54 Å². The molecule has 2 aromatic rings. The first-order chi connectivity index (χ1) is 8.87. The minimum absolute atomic E-state index is 0.214. The van der Waals surface area contributed by atoms with Gasteiger partial charge in [-0.2, -0.15) is 0 Å². The van der Waals surface area contributed by atoms with E-state index < -0.39 is 5.54 Å². The van der Waals surface area contributed by atoms with Crippen LogP contribution in [-0.2, 0) is 12.0 Å². The van der Waals surface area contributed by atoms with E-state index in [0.717, 1.165) is 11.1 Å². The lowest BCUT2D eigenvalue weighted by Gasteiger charge is -2.26. The van der Waals surface area contributed by atoms with Crippen LogP contribution in [0.15, 0.2) is 42.5 Å². The topological polar surface area (TPSA) is 26.0 Å². The monoisotopic (exact) mass is 257 g/mol. The summed E-state index contributed by atoms with van der Waals surface area (Å²) in [6, 6.07) is 13.0. The van der Waals surface area contributed by atoms with Crippen molar-refractivity contribution in [3.8, 4) is 0 Å². The normalized spacial score (nSPS) is 14.2. The Morgan fingerprint density at radius 3 is 2.26 bits per heavy atom. The fraction of sp³-hybridized carbons (Fsp3) is 0.294. The number of hydrogen-bond acceptors (Lipinski definition) is 1. The zero-order valence-corrected chi connectivity index (χ0v) is 11.7. The van der Waals surface area contributed by atoms with Crippen LogP contribution in [-0.4, -0.2) is 0 Å². The molecule has 0 aromatic heterocycles. The Morgan fingerprint density at radius 1 is 1.05 bits per heavy atom. The van der Waals surface area contributed by atoms with Crippen LogP contribution in [0.3, 0.4) is 0 Å². The molecule has 1 unspecified atom stereocenters. The van der Waals surface area contributed by atoms with Gasteiger partial charge in [-0.3, -0.25) is 0 Å². The van der Waals surface area contributed by atoms with Gasteiger partial charge in [0.2, 0.25) is 0 Å². The van der Waals surface area contributed by atoms with E-state index in [2.05, 4.69) is 32.0 Å². The van der Waals surface area contributed by atoms with E-state index in [9.17, 15) is 4.39 Å². The minimum atomic E-state index is -0.495. The lowest BCUT2D eigenvalue weighted by atomic mass is 9.85. The molecular formula is C17H20FN. The van der Waals surface area contributed by atoms with Gasteiger partial charge in [-0.15, -0.1) is 0 Å². The Kier molecular flexibility index (Phi) is 3.72. The molecule has 0 fully saturated rings. The van der Waals surface area contributed by atoms with Crippen molar-refractivity contribution in [3.05, 3.63) is 70.5 Å². The van der Waals surface area contributed by atoms with Gasteiger partial charge in [-0.05, 0) is 50.5 Å². The Hall–Kier alpha value is -1.67. The first-order valence-electron chi connectivity index (χ1n) is 6.49. The summed E-state index contributed by atoms with van der Waals surface area (Å²) in [6.07, 6.45) is 0.619. The number of halogens is 1. The highest BCUT2D eigenvalue weighted by Crippen LogP contribution is 2.25. The van der Waals surface area contributed by atoms with Crippen LogP contribution in [0.1, 0.15) is 29.2 Å². The summed E-state index contributed by atoms with van der Waals surface area (Å²) in [5.41, 5.74) is 10.4. The highest BCUT2D eigenvalue weighted by atomic mass is 19.1. The van der Waals surface area contributed by atoms with Gasteiger partial charge < -0.3 is 5.73 Å². The Bertz CT molecular complexity index is 567. The fourth-order valence-electron chi connectivity index (χ4n) is 2.48. The van der Waals surface area contributed by atoms with Gasteiger partial charge in [0.15, 0.2) is 0 Å². The predicted octanol–water partition coefficient (Wildman–Crippen LogP) is 3.86. The maximum absolute atomic E-state index is 13.2. The molecule has 1 nitrogen and oxygen atoms in total. The molecule has 0 aliphatic heterocycles.